The molecule has 0 aromatic heterocycles. The number of hydrogen-bond donors (Lipinski definition) is 1. The van der Waals surface area contributed by atoms with E-state index in [1.807, 2.05) is 17.9 Å². The molecule has 7 heteroatoms. The van der Waals surface area contributed by atoms with Gasteiger partial charge in [-0.25, -0.2) is 0 Å². The Balaban J connectivity index is 1.81. The van der Waals surface area contributed by atoms with E-state index in [0.29, 0.717) is 44.2 Å². The number of carbonyl (C=O) groups excluding carboxylic acids is 2. The molecule has 2 heterocycles. The van der Waals surface area contributed by atoms with Gasteiger partial charge in [0, 0.05) is 26.2 Å². The van der Waals surface area contributed by atoms with Crippen LogP contribution in [0.3, 0.4) is 0 Å². The van der Waals surface area contributed by atoms with E-state index in [0.717, 1.165) is 30.6 Å². The number of ether oxygens (including phenoxy) is 2. The normalized spacial score (nSPS) is 20.7. The summed E-state index contributed by atoms with van der Waals surface area (Å²) in [6.45, 7) is 8.68. The van der Waals surface area contributed by atoms with Gasteiger partial charge in [-0.05, 0) is 37.1 Å². The molecule has 1 saturated heterocycles. The number of likely N-dealkylation sites (N-methyl/N-ethyl adjacent to an activating group) is 1. The summed E-state index contributed by atoms with van der Waals surface area (Å²) >= 11 is 0. The van der Waals surface area contributed by atoms with Crippen LogP contribution in [0.5, 0.6) is 5.75 Å². The molecule has 1 atom stereocenters. The molecule has 1 N–H and O–H groups in total. The summed E-state index contributed by atoms with van der Waals surface area (Å²) in [5.41, 5.74) is 2.35. The van der Waals surface area contributed by atoms with E-state index in [1.165, 1.54) is 0 Å². The minimum Gasteiger partial charge on any atom is -0.466 e. The van der Waals surface area contributed by atoms with Crippen LogP contribution < -0.4 is 4.74 Å². The van der Waals surface area contributed by atoms with Crippen LogP contribution in [0.1, 0.15) is 28.4 Å². The predicted molar refractivity (Wildman–Crippen MR) is 100 cm³/mol. The maximum atomic E-state index is 12.6. The molecular formula is C20H28N2O5. The van der Waals surface area contributed by atoms with Crippen molar-refractivity contribution in [1.29, 1.82) is 0 Å². The van der Waals surface area contributed by atoms with E-state index in [4.69, 9.17) is 14.6 Å². The van der Waals surface area contributed by atoms with Crippen molar-refractivity contribution in [3.63, 3.8) is 0 Å². The Morgan fingerprint density at radius 1 is 1.22 bits per heavy atom. The zero-order valence-electron chi connectivity index (χ0n) is 16.1. The topological polar surface area (TPSA) is 79.3 Å². The number of carbonyl (C=O) groups is 2. The van der Waals surface area contributed by atoms with Gasteiger partial charge in [0.05, 0.1) is 25.4 Å². The molecule has 0 aliphatic carbocycles. The highest BCUT2D eigenvalue weighted by atomic mass is 16.5. The van der Waals surface area contributed by atoms with Gasteiger partial charge in [0.1, 0.15) is 5.75 Å². The zero-order valence-corrected chi connectivity index (χ0v) is 16.1. The fraction of sp³-hybridized carbons (Fsp3) is 0.600. The summed E-state index contributed by atoms with van der Waals surface area (Å²) in [6, 6.07) is 3.61. The lowest BCUT2D eigenvalue weighted by atomic mass is 9.94. The van der Waals surface area contributed by atoms with Crippen molar-refractivity contribution in [2.45, 2.75) is 26.5 Å². The number of Topliss-reactive ketones (excluding diaryl/α,β-unsaturated/α-hetero) is 2. The molecule has 2 aliphatic rings. The van der Waals surface area contributed by atoms with Gasteiger partial charge >= 0.3 is 0 Å². The maximum Gasteiger partial charge on any atom is 0.259 e. The van der Waals surface area contributed by atoms with Crippen LogP contribution in [-0.2, 0) is 16.0 Å². The molecule has 1 unspecified atom stereocenters. The summed E-state index contributed by atoms with van der Waals surface area (Å²) < 4.78 is 11.4. The van der Waals surface area contributed by atoms with Gasteiger partial charge in [-0.1, -0.05) is 13.0 Å². The highest BCUT2D eigenvalue weighted by Gasteiger charge is 2.40. The minimum absolute atomic E-state index is 0.137. The van der Waals surface area contributed by atoms with E-state index in [2.05, 4.69) is 11.8 Å². The molecule has 0 amide bonds. The molecule has 0 saturated carbocycles. The Morgan fingerprint density at radius 2 is 1.96 bits per heavy atom. The molecule has 1 aromatic carbocycles. The van der Waals surface area contributed by atoms with E-state index in [1.54, 1.807) is 6.07 Å². The number of fused-ring (bicyclic) bond motifs is 1. The number of nitrogens with zero attached hydrogens (tertiary/aromatic N) is 2. The highest BCUT2D eigenvalue weighted by molar-refractivity contribution is 6.46. The second-order valence-electron chi connectivity index (χ2n) is 6.95. The number of rotatable bonds is 7. The van der Waals surface area contributed by atoms with Crippen LogP contribution >= 0.6 is 0 Å². The molecule has 3 rings (SSSR count). The second-order valence-corrected chi connectivity index (χ2v) is 6.95. The number of hydrogen-bond acceptors (Lipinski definition) is 7. The lowest BCUT2D eigenvalue weighted by molar-refractivity contribution is -0.134. The summed E-state index contributed by atoms with van der Waals surface area (Å²) in [5, 5.41) is 9.14. The first-order valence-electron chi connectivity index (χ1n) is 9.59. The first kappa shape index (κ1) is 19.9. The molecule has 148 valence electrons. The van der Waals surface area contributed by atoms with E-state index in [9.17, 15) is 9.59 Å². The van der Waals surface area contributed by atoms with Crippen molar-refractivity contribution >= 4 is 11.6 Å². The SMILES string of the molecule is CCN(CCO)CCc1ccc2c(c1C)OC(N1CCOCC1)C(=O)C2=O. The van der Waals surface area contributed by atoms with Crippen LogP contribution in [0.25, 0.3) is 0 Å². The maximum absolute atomic E-state index is 12.6. The Hall–Kier alpha value is -1.80. The summed E-state index contributed by atoms with van der Waals surface area (Å²) in [5.74, 6) is -0.451. The van der Waals surface area contributed by atoms with Crippen LogP contribution in [-0.4, -0.2) is 85.2 Å². The third kappa shape index (κ3) is 4.21. The first-order valence-corrected chi connectivity index (χ1v) is 9.59. The van der Waals surface area contributed by atoms with Crippen LogP contribution in [0.2, 0.25) is 0 Å². The lowest BCUT2D eigenvalue weighted by Gasteiger charge is -2.36. The Kier molecular flexibility index (Phi) is 6.59. The number of aliphatic hydroxyl groups is 1. The van der Waals surface area contributed by atoms with Crippen LogP contribution in [0.4, 0.5) is 0 Å². The third-order valence-electron chi connectivity index (χ3n) is 5.38. The van der Waals surface area contributed by atoms with Gasteiger partial charge in [0.25, 0.3) is 5.78 Å². The Bertz CT molecular complexity index is 700. The standard InChI is InChI=1S/C20H28N2O5/c1-3-21(8-11-23)7-6-15-4-5-16-17(24)18(25)20(27-19(16)14(15)2)22-9-12-26-13-10-22/h4-5,20,23H,3,6-13H2,1-2H3. The van der Waals surface area contributed by atoms with Crippen molar-refractivity contribution in [1.82, 2.24) is 9.80 Å². The number of ketones is 2. The molecule has 0 spiro atoms. The monoisotopic (exact) mass is 376 g/mol. The highest BCUT2D eigenvalue weighted by Crippen LogP contribution is 2.33. The van der Waals surface area contributed by atoms with Crippen molar-refractivity contribution in [3.05, 3.63) is 28.8 Å². The van der Waals surface area contributed by atoms with Gasteiger partial charge in [-0.3, -0.25) is 14.5 Å². The van der Waals surface area contributed by atoms with Gasteiger partial charge < -0.3 is 19.5 Å². The molecule has 2 aliphatic heterocycles. The zero-order chi connectivity index (χ0) is 19.4. The molecule has 0 bridgehead atoms. The summed E-state index contributed by atoms with van der Waals surface area (Å²) in [7, 11) is 0. The quantitative estimate of drug-likeness (QED) is 0.700. The largest absolute Gasteiger partial charge is 0.466 e. The van der Waals surface area contributed by atoms with E-state index < -0.39 is 17.8 Å². The third-order valence-corrected chi connectivity index (χ3v) is 5.38. The van der Waals surface area contributed by atoms with E-state index >= 15 is 0 Å². The lowest BCUT2D eigenvalue weighted by Crippen LogP contribution is -2.54. The van der Waals surface area contributed by atoms with Crippen molar-refractivity contribution in [2.24, 2.45) is 0 Å². The van der Waals surface area contributed by atoms with Crippen LogP contribution in [0.15, 0.2) is 12.1 Å². The second kappa shape index (κ2) is 8.93. The predicted octanol–water partition coefficient (Wildman–Crippen LogP) is 0.654. The minimum atomic E-state index is -0.857. The van der Waals surface area contributed by atoms with Gasteiger partial charge in [0.2, 0.25) is 12.0 Å². The van der Waals surface area contributed by atoms with Crippen molar-refractivity contribution in [2.75, 3.05) is 52.5 Å². The van der Waals surface area contributed by atoms with Gasteiger partial charge in [0.15, 0.2) is 0 Å². The van der Waals surface area contributed by atoms with E-state index in [-0.39, 0.29) is 6.61 Å². The first-order chi connectivity index (χ1) is 13.1. The molecule has 1 fully saturated rings. The summed E-state index contributed by atoms with van der Waals surface area (Å²) in [6.07, 6.45) is -0.0647. The molecule has 1 aromatic rings. The average molecular weight is 376 g/mol. The number of benzene rings is 1. The molecular weight excluding hydrogens is 348 g/mol. The average Bonchev–Trinajstić information content (AvgIpc) is 2.70. The molecule has 7 nitrogen and oxygen atoms in total. The Morgan fingerprint density at radius 3 is 2.63 bits per heavy atom. The van der Waals surface area contributed by atoms with Crippen molar-refractivity contribution < 1.29 is 24.2 Å². The molecule has 0 radical (unpaired) electrons. The van der Waals surface area contributed by atoms with Gasteiger partial charge in [-0.2, -0.15) is 0 Å². The summed E-state index contributed by atoms with van der Waals surface area (Å²) in [4.78, 5) is 29.2. The van der Waals surface area contributed by atoms with Gasteiger partial charge in [-0.15, -0.1) is 0 Å². The van der Waals surface area contributed by atoms with Crippen LogP contribution in [0, 0.1) is 6.92 Å². The Labute approximate surface area is 159 Å². The smallest absolute Gasteiger partial charge is 0.259 e. The molecule has 27 heavy (non-hydrogen) atoms. The fourth-order valence-electron chi connectivity index (χ4n) is 3.64. The fourth-order valence-corrected chi connectivity index (χ4v) is 3.64. The van der Waals surface area contributed by atoms with Crippen molar-refractivity contribution in [3.8, 4) is 5.75 Å². The number of aliphatic hydroxyl groups excluding tert-OH is 1. The number of morpholine rings is 1.